The molecule has 1 aliphatic rings. The van der Waals surface area contributed by atoms with Gasteiger partial charge in [0.25, 0.3) is 0 Å². The summed E-state index contributed by atoms with van der Waals surface area (Å²) in [5.74, 6) is -1.74. The Morgan fingerprint density at radius 2 is 1.44 bits per heavy atom. The van der Waals surface area contributed by atoms with E-state index < -0.39 is 11.9 Å². The van der Waals surface area contributed by atoms with Gasteiger partial charge in [-0.05, 0) is 49.0 Å². The summed E-state index contributed by atoms with van der Waals surface area (Å²) in [6.07, 6.45) is 0.847. The van der Waals surface area contributed by atoms with Gasteiger partial charge in [-0.15, -0.1) is 0 Å². The number of aliphatic carboxylic acids is 2. The molecular weight excluding hydrogens is 454 g/mol. The summed E-state index contributed by atoms with van der Waals surface area (Å²) in [6.45, 7) is 10.5. The van der Waals surface area contributed by atoms with Crippen LogP contribution >= 0.6 is 11.8 Å². The van der Waals surface area contributed by atoms with Crippen molar-refractivity contribution in [3.63, 3.8) is 0 Å². The number of hydrogen-bond donors (Lipinski definition) is 2. The molecule has 1 heterocycles. The summed E-state index contributed by atoms with van der Waals surface area (Å²) < 4.78 is 0. The maximum Gasteiger partial charge on any atom is 0.317 e. The van der Waals surface area contributed by atoms with Crippen LogP contribution in [0.3, 0.4) is 0 Å². The Kier molecular flexibility index (Phi) is 12.4. The Hall–Kier alpha value is -2.16. The van der Waals surface area contributed by atoms with Gasteiger partial charge in [0.2, 0.25) is 0 Å². The molecule has 0 amide bonds. The monoisotopic (exact) mass is 491 g/mol. The van der Waals surface area contributed by atoms with Crippen LogP contribution in [-0.4, -0.2) is 120 Å². The first-order valence-electron chi connectivity index (χ1n) is 11.8. The highest BCUT2D eigenvalue weighted by molar-refractivity contribution is 8.03. The lowest BCUT2D eigenvalue weighted by Gasteiger charge is -2.38. The number of thioether (sulfide) groups is 1. The van der Waals surface area contributed by atoms with E-state index in [-0.39, 0.29) is 19.1 Å². The number of thiocyanates is 1. The molecule has 0 bridgehead atoms. The predicted molar refractivity (Wildman–Crippen MR) is 133 cm³/mol. The fraction of sp³-hybridized carbons (Fsp3) is 0.625. The SMILES string of the molecule is CCN1CCN(CC(=O)O)CCN(CC(=O)O)CCN(CC)C(Cc2ccc(SC#N)cc2)C1. The molecule has 188 valence electrons. The van der Waals surface area contributed by atoms with Crippen molar-refractivity contribution in [3.8, 4) is 5.40 Å². The van der Waals surface area contributed by atoms with Crippen LogP contribution in [0.25, 0.3) is 0 Å². The van der Waals surface area contributed by atoms with Crippen molar-refractivity contribution in [2.75, 3.05) is 72.0 Å². The Bertz CT molecular complexity index is 817. The fourth-order valence-electron chi connectivity index (χ4n) is 4.36. The zero-order valence-corrected chi connectivity index (χ0v) is 21.0. The van der Waals surface area contributed by atoms with Gasteiger partial charge in [0.15, 0.2) is 0 Å². The number of likely N-dealkylation sites (N-methyl/N-ethyl adjacent to an activating group) is 2. The average Bonchev–Trinajstić information content (AvgIpc) is 2.79. The normalized spacial score (nSPS) is 20.2. The molecule has 1 saturated heterocycles. The minimum absolute atomic E-state index is 0.0456. The van der Waals surface area contributed by atoms with Gasteiger partial charge in [0.05, 0.1) is 13.1 Å². The van der Waals surface area contributed by atoms with E-state index in [0.29, 0.717) is 26.2 Å². The van der Waals surface area contributed by atoms with Crippen LogP contribution in [0.2, 0.25) is 0 Å². The minimum Gasteiger partial charge on any atom is -0.480 e. The summed E-state index contributed by atoms with van der Waals surface area (Å²) in [7, 11) is 0. The van der Waals surface area contributed by atoms with Gasteiger partial charge in [-0.3, -0.25) is 24.3 Å². The summed E-state index contributed by atoms with van der Waals surface area (Å²) in [4.78, 5) is 32.3. The van der Waals surface area contributed by atoms with E-state index in [0.717, 1.165) is 55.8 Å². The number of carboxylic acid groups (broad SMARTS) is 2. The van der Waals surface area contributed by atoms with Crippen LogP contribution in [0.5, 0.6) is 0 Å². The Labute approximate surface area is 206 Å². The molecular formula is C24H37N5O4S. The maximum atomic E-state index is 11.4. The van der Waals surface area contributed by atoms with E-state index in [1.165, 1.54) is 5.56 Å². The van der Waals surface area contributed by atoms with E-state index in [2.05, 4.69) is 41.2 Å². The summed E-state index contributed by atoms with van der Waals surface area (Å²) in [5.41, 5.74) is 1.20. The van der Waals surface area contributed by atoms with Gasteiger partial charge in [-0.1, -0.05) is 26.0 Å². The predicted octanol–water partition coefficient (Wildman–Crippen LogP) is 1.60. The third kappa shape index (κ3) is 9.99. The summed E-state index contributed by atoms with van der Waals surface area (Å²) >= 11 is 1.15. The van der Waals surface area contributed by atoms with Crippen molar-refractivity contribution in [2.24, 2.45) is 0 Å². The average molecular weight is 492 g/mol. The van der Waals surface area contributed by atoms with Crippen LogP contribution in [0.4, 0.5) is 0 Å². The molecule has 2 N–H and O–H groups in total. The molecule has 1 fully saturated rings. The third-order valence-electron chi connectivity index (χ3n) is 6.28. The number of hydrogen-bond acceptors (Lipinski definition) is 8. The maximum absolute atomic E-state index is 11.4. The van der Waals surface area contributed by atoms with E-state index in [4.69, 9.17) is 5.26 Å². The Morgan fingerprint density at radius 3 is 1.91 bits per heavy atom. The molecule has 10 heteroatoms. The van der Waals surface area contributed by atoms with Gasteiger partial charge in [0, 0.05) is 56.8 Å². The summed E-state index contributed by atoms with van der Waals surface area (Å²) in [6, 6.07) is 8.34. The lowest BCUT2D eigenvalue weighted by Crippen LogP contribution is -2.51. The highest BCUT2D eigenvalue weighted by atomic mass is 32.2. The molecule has 1 unspecified atom stereocenters. The smallest absolute Gasteiger partial charge is 0.317 e. The first-order chi connectivity index (χ1) is 16.3. The van der Waals surface area contributed by atoms with E-state index in [1.54, 1.807) is 0 Å². The Balaban J connectivity index is 2.23. The molecule has 9 nitrogen and oxygen atoms in total. The first-order valence-corrected chi connectivity index (χ1v) is 12.7. The number of rotatable bonds is 9. The molecule has 1 aromatic carbocycles. The standard InChI is InChI=1S/C24H37N5O4S/c1-3-26-9-10-27(17-23(30)31)11-12-28(18-24(32)33)13-14-29(4-2)21(16-26)15-20-5-7-22(8-6-20)34-19-25/h5-8,21H,3-4,9-18H2,1-2H3,(H,30,31)(H,32,33). The van der Waals surface area contributed by atoms with Gasteiger partial charge in [-0.25, -0.2) is 0 Å². The van der Waals surface area contributed by atoms with Crippen molar-refractivity contribution < 1.29 is 19.8 Å². The third-order valence-corrected chi connectivity index (χ3v) is 6.88. The lowest BCUT2D eigenvalue weighted by atomic mass is 10.0. The molecule has 0 radical (unpaired) electrons. The molecule has 34 heavy (non-hydrogen) atoms. The summed E-state index contributed by atoms with van der Waals surface area (Å²) in [5, 5.41) is 29.7. The van der Waals surface area contributed by atoms with Crippen molar-refractivity contribution in [1.82, 2.24) is 19.6 Å². The van der Waals surface area contributed by atoms with Gasteiger partial charge >= 0.3 is 11.9 Å². The van der Waals surface area contributed by atoms with Crippen LogP contribution in [-0.2, 0) is 16.0 Å². The van der Waals surface area contributed by atoms with Crippen molar-refractivity contribution in [1.29, 1.82) is 5.26 Å². The number of carbonyl (C=O) groups is 2. The Morgan fingerprint density at radius 1 is 0.912 bits per heavy atom. The topological polar surface area (TPSA) is 111 Å². The highest BCUT2D eigenvalue weighted by Crippen LogP contribution is 2.19. The quantitative estimate of drug-likeness (QED) is 0.390. The molecule has 0 aliphatic carbocycles. The number of benzene rings is 1. The second-order valence-corrected chi connectivity index (χ2v) is 9.41. The van der Waals surface area contributed by atoms with Crippen molar-refractivity contribution in [3.05, 3.63) is 29.8 Å². The van der Waals surface area contributed by atoms with E-state index in [9.17, 15) is 19.8 Å². The van der Waals surface area contributed by atoms with Crippen LogP contribution < -0.4 is 0 Å². The van der Waals surface area contributed by atoms with Crippen LogP contribution in [0, 0.1) is 10.7 Å². The van der Waals surface area contributed by atoms with Crippen LogP contribution in [0.15, 0.2) is 29.2 Å². The van der Waals surface area contributed by atoms with Gasteiger partial charge in [-0.2, -0.15) is 5.26 Å². The molecule has 1 aliphatic heterocycles. The number of nitrogens with zero attached hydrogens (tertiary/aromatic N) is 5. The zero-order valence-electron chi connectivity index (χ0n) is 20.2. The fourth-order valence-corrected chi connectivity index (χ4v) is 4.74. The first kappa shape index (κ1) is 28.1. The van der Waals surface area contributed by atoms with Crippen molar-refractivity contribution >= 4 is 23.7 Å². The second kappa shape index (κ2) is 15.0. The molecule has 2 rings (SSSR count). The lowest BCUT2D eigenvalue weighted by molar-refractivity contribution is -0.140. The minimum atomic E-state index is -0.871. The van der Waals surface area contributed by atoms with E-state index >= 15 is 0 Å². The van der Waals surface area contributed by atoms with Gasteiger partial charge in [0.1, 0.15) is 5.40 Å². The largest absolute Gasteiger partial charge is 0.480 e. The molecule has 0 aromatic heterocycles. The molecule has 0 saturated carbocycles. The van der Waals surface area contributed by atoms with Gasteiger partial charge < -0.3 is 15.1 Å². The zero-order chi connectivity index (χ0) is 24.9. The number of nitriles is 1. The molecule has 1 aromatic rings. The second-order valence-electron chi connectivity index (χ2n) is 8.56. The number of carboxylic acids is 2. The molecule has 1 atom stereocenters. The van der Waals surface area contributed by atoms with Crippen LogP contribution in [0.1, 0.15) is 19.4 Å². The highest BCUT2D eigenvalue weighted by Gasteiger charge is 2.24. The van der Waals surface area contributed by atoms with Crippen molar-refractivity contribution in [2.45, 2.75) is 31.2 Å². The van der Waals surface area contributed by atoms with E-state index in [1.807, 2.05) is 21.9 Å². The molecule has 0 spiro atoms.